The molecule has 2 aromatic rings. The van der Waals surface area contributed by atoms with Gasteiger partial charge in [-0.25, -0.2) is 4.98 Å². The summed E-state index contributed by atoms with van der Waals surface area (Å²) in [6.45, 7) is 4.16. The van der Waals surface area contributed by atoms with Crippen LogP contribution >= 0.6 is 0 Å². The molecule has 0 unspecified atom stereocenters. The van der Waals surface area contributed by atoms with Crippen molar-refractivity contribution in [2.45, 2.75) is 6.92 Å². The van der Waals surface area contributed by atoms with E-state index in [9.17, 15) is 0 Å². The Morgan fingerprint density at radius 2 is 2.16 bits per heavy atom. The van der Waals surface area contributed by atoms with Gasteiger partial charge in [-0.05, 0) is 19.1 Å². The van der Waals surface area contributed by atoms with Gasteiger partial charge in [-0.1, -0.05) is 18.2 Å². The van der Waals surface area contributed by atoms with Crippen LogP contribution in [0.1, 0.15) is 12.6 Å². The molecule has 0 spiro atoms. The van der Waals surface area contributed by atoms with Crippen LogP contribution in [0.4, 0.5) is 5.69 Å². The molecule has 0 saturated carbocycles. The summed E-state index contributed by atoms with van der Waals surface area (Å²) in [5.74, 6) is 0. The SMILES string of the molecule is CCOCCN(C)c1cc(C#N)nc2ccccc12. The number of benzene rings is 1. The first-order chi connectivity index (χ1) is 9.26. The average molecular weight is 255 g/mol. The molecule has 0 atom stereocenters. The van der Waals surface area contributed by atoms with Crippen LogP contribution in [0, 0.1) is 11.3 Å². The average Bonchev–Trinajstić information content (AvgIpc) is 2.46. The first-order valence-corrected chi connectivity index (χ1v) is 6.35. The summed E-state index contributed by atoms with van der Waals surface area (Å²) in [5, 5.41) is 10.1. The Kier molecular flexibility index (Phi) is 4.32. The van der Waals surface area contributed by atoms with E-state index < -0.39 is 0 Å². The minimum Gasteiger partial charge on any atom is -0.380 e. The molecule has 98 valence electrons. The Bertz CT molecular complexity index is 604. The highest BCUT2D eigenvalue weighted by molar-refractivity contribution is 5.92. The number of anilines is 1. The number of pyridine rings is 1. The van der Waals surface area contributed by atoms with Crippen molar-refractivity contribution in [1.82, 2.24) is 4.98 Å². The van der Waals surface area contributed by atoms with Gasteiger partial charge in [0.25, 0.3) is 0 Å². The monoisotopic (exact) mass is 255 g/mol. The minimum atomic E-state index is 0.442. The first kappa shape index (κ1) is 13.3. The minimum absolute atomic E-state index is 0.442. The van der Waals surface area contributed by atoms with Crippen molar-refractivity contribution < 1.29 is 4.74 Å². The Morgan fingerprint density at radius 3 is 2.89 bits per heavy atom. The van der Waals surface area contributed by atoms with Crippen LogP contribution in [-0.4, -0.2) is 31.8 Å². The summed E-state index contributed by atoms with van der Waals surface area (Å²) < 4.78 is 5.37. The van der Waals surface area contributed by atoms with Gasteiger partial charge in [0.15, 0.2) is 0 Å². The Labute approximate surface area is 113 Å². The standard InChI is InChI=1S/C15H17N3O/c1-3-19-9-8-18(2)15-10-12(11-16)17-14-7-5-4-6-13(14)15/h4-7,10H,3,8-9H2,1-2H3. The van der Waals surface area contributed by atoms with Gasteiger partial charge in [-0.3, -0.25) is 0 Å². The topological polar surface area (TPSA) is 49.1 Å². The fourth-order valence-corrected chi connectivity index (χ4v) is 2.00. The van der Waals surface area contributed by atoms with Gasteiger partial charge in [0.1, 0.15) is 11.8 Å². The maximum Gasteiger partial charge on any atom is 0.143 e. The molecule has 4 nitrogen and oxygen atoms in total. The zero-order valence-corrected chi connectivity index (χ0v) is 11.3. The summed E-state index contributed by atoms with van der Waals surface area (Å²) in [7, 11) is 2.00. The van der Waals surface area contributed by atoms with Gasteiger partial charge in [0.05, 0.1) is 12.1 Å². The van der Waals surface area contributed by atoms with Crippen molar-refractivity contribution in [1.29, 1.82) is 5.26 Å². The maximum atomic E-state index is 9.06. The second-order valence-corrected chi connectivity index (χ2v) is 4.27. The lowest BCUT2D eigenvalue weighted by Crippen LogP contribution is -2.23. The van der Waals surface area contributed by atoms with E-state index in [1.54, 1.807) is 0 Å². The Hall–Kier alpha value is -2.12. The van der Waals surface area contributed by atoms with Gasteiger partial charge in [0, 0.05) is 31.3 Å². The normalized spacial score (nSPS) is 10.4. The molecule has 0 N–H and O–H groups in total. The second kappa shape index (κ2) is 6.17. The summed E-state index contributed by atoms with van der Waals surface area (Å²) in [6.07, 6.45) is 0. The first-order valence-electron chi connectivity index (χ1n) is 6.35. The molecule has 0 saturated heterocycles. The van der Waals surface area contributed by atoms with Crippen molar-refractivity contribution in [3.63, 3.8) is 0 Å². The molecule has 0 aliphatic rings. The van der Waals surface area contributed by atoms with E-state index in [2.05, 4.69) is 16.0 Å². The molecule has 19 heavy (non-hydrogen) atoms. The Balaban J connectivity index is 2.37. The van der Waals surface area contributed by atoms with Gasteiger partial charge < -0.3 is 9.64 Å². The van der Waals surface area contributed by atoms with Crippen molar-refractivity contribution in [3.8, 4) is 6.07 Å². The predicted octanol–water partition coefficient (Wildman–Crippen LogP) is 2.58. The number of ether oxygens (including phenoxy) is 1. The molecular weight excluding hydrogens is 238 g/mol. The molecule has 0 fully saturated rings. The van der Waals surface area contributed by atoms with Gasteiger partial charge in [0.2, 0.25) is 0 Å². The van der Waals surface area contributed by atoms with Crippen LogP contribution in [-0.2, 0) is 4.74 Å². The number of hydrogen-bond donors (Lipinski definition) is 0. The molecule has 4 heteroatoms. The molecule has 0 aliphatic carbocycles. The number of hydrogen-bond acceptors (Lipinski definition) is 4. The summed E-state index contributed by atoms with van der Waals surface area (Å²) in [5.41, 5.74) is 2.30. The lowest BCUT2D eigenvalue weighted by Gasteiger charge is -2.21. The third-order valence-electron chi connectivity index (χ3n) is 3.00. The number of likely N-dealkylation sites (N-methyl/N-ethyl adjacent to an activating group) is 1. The molecule has 0 aliphatic heterocycles. The fraction of sp³-hybridized carbons (Fsp3) is 0.333. The van der Waals surface area contributed by atoms with E-state index in [0.717, 1.165) is 23.1 Å². The highest BCUT2D eigenvalue weighted by Crippen LogP contribution is 2.25. The quantitative estimate of drug-likeness (QED) is 0.770. The van der Waals surface area contributed by atoms with Crippen LogP contribution < -0.4 is 4.90 Å². The lowest BCUT2D eigenvalue weighted by molar-refractivity contribution is 0.154. The zero-order valence-electron chi connectivity index (χ0n) is 11.3. The molecule has 1 heterocycles. The summed E-state index contributed by atoms with van der Waals surface area (Å²) in [4.78, 5) is 6.41. The smallest absolute Gasteiger partial charge is 0.143 e. The second-order valence-electron chi connectivity index (χ2n) is 4.27. The summed E-state index contributed by atoms with van der Waals surface area (Å²) in [6, 6.07) is 11.8. The van der Waals surface area contributed by atoms with Crippen molar-refractivity contribution in [3.05, 3.63) is 36.0 Å². The zero-order chi connectivity index (χ0) is 13.7. The molecule has 0 bridgehead atoms. The van der Waals surface area contributed by atoms with E-state index in [0.29, 0.717) is 18.9 Å². The van der Waals surface area contributed by atoms with Crippen molar-refractivity contribution >= 4 is 16.6 Å². The fourth-order valence-electron chi connectivity index (χ4n) is 2.00. The number of para-hydroxylation sites is 1. The number of fused-ring (bicyclic) bond motifs is 1. The number of nitriles is 1. The highest BCUT2D eigenvalue weighted by Gasteiger charge is 2.09. The van der Waals surface area contributed by atoms with E-state index in [1.165, 1.54) is 0 Å². The van der Waals surface area contributed by atoms with Crippen LogP contribution in [0.5, 0.6) is 0 Å². The van der Waals surface area contributed by atoms with Gasteiger partial charge in [-0.2, -0.15) is 5.26 Å². The van der Waals surface area contributed by atoms with Gasteiger partial charge >= 0.3 is 0 Å². The molecule has 1 aromatic carbocycles. The molecular formula is C15H17N3O. The number of aromatic nitrogens is 1. The van der Waals surface area contributed by atoms with E-state index in [-0.39, 0.29) is 0 Å². The molecule has 0 amide bonds. The Morgan fingerprint density at radius 1 is 1.37 bits per heavy atom. The largest absolute Gasteiger partial charge is 0.380 e. The third-order valence-corrected chi connectivity index (χ3v) is 3.00. The third kappa shape index (κ3) is 3.01. The highest BCUT2D eigenvalue weighted by atomic mass is 16.5. The molecule has 2 rings (SSSR count). The van der Waals surface area contributed by atoms with Crippen molar-refractivity contribution in [2.75, 3.05) is 31.7 Å². The number of rotatable bonds is 5. The van der Waals surface area contributed by atoms with Crippen LogP contribution in [0.2, 0.25) is 0 Å². The van der Waals surface area contributed by atoms with Crippen LogP contribution in [0.15, 0.2) is 30.3 Å². The lowest BCUT2D eigenvalue weighted by atomic mass is 10.1. The summed E-state index contributed by atoms with van der Waals surface area (Å²) >= 11 is 0. The van der Waals surface area contributed by atoms with Gasteiger partial charge in [-0.15, -0.1) is 0 Å². The van der Waals surface area contributed by atoms with Crippen LogP contribution in [0.25, 0.3) is 10.9 Å². The number of nitrogens with zero attached hydrogens (tertiary/aromatic N) is 3. The van der Waals surface area contributed by atoms with Crippen LogP contribution in [0.3, 0.4) is 0 Å². The maximum absolute atomic E-state index is 9.06. The van der Waals surface area contributed by atoms with E-state index >= 15 is 0 Å². The van der Waals surface area contributed by atoms with E-state index in [1.807, 2.05) is 44.3 Å². The van der Waals surface area contributed by atoms with E-state index in [4.69, 9.17) is 10.00 Å². The molecule has 0 radical (unpaired) electrons. The van der Waals surface area contributed by atoms with Crippen molar-refractivity contribution in [2.24, 2.45) is 0 Å². The predicted molar refractivity (Wildman–Crippen MR) is 76.2 cm³/mol. The molecule has 1 aromatic heterocycles.